The number of nitrogen functional groups attached to an aromatic ring is 1. The van der Waals surface area contributed by atoms with Gasteiger partial charge in [-0.1, -0.05) is 45.0 Å². The summed E-state index contributed by atoms with van der Waals surface area (Å²) >= 11 is 0. The number of nitrogens with zero attached hydrogens (tertiary/aromatic N) is 1. The van der Waals surface area contributed by atoms with Crippen LogP contribution in [0.5, 0.6) is 0 Å². The van der Waals surface area contributed by atoms with Gasteiger partial charge in [0.1, 0.15) is 5.69 Å². The Morgan fingerprint density at radius 3 is 2.44 bits per heavy atom. The van der Waals surface area contributed by atoms with Crippen LogP contribution >= 0.6 is 0 Å². The Balaban J connectivity index is 1.45. The van der Waals surface area contributed by atoms with Crippen molar-refractivity contribution in [1.29, 1.82) is 0 Å². The summed E-state index contributed by atoms with van der Waals surface area (Å²) in [7, 11) is -3.83. The van der Waals surface area contributed by atoms with Crippen molar-refractivity contribution < 1.29 is 17.9 Å². The standard InChI is InChI=1S/C31H37N5O4S/c1-31(2,3)22-7-10-25(11-8-22)41(38,39)35-24-9-12-27-26(20-24)28(21-5-4-6-23(32)19-21)29(34-27)30(37)33-13-14-36-15-17-40-18-16-36/h4-12,19-20,34-35H,13-18,32H2,1-3H3,(H,33,37). The number of rotatable bonds is 8. The number of aromatic nitrogens is 1. The molecule has 0 saturated carbocycles. The van der Waals surface area contributed by atoms with Crippen molar-refractivity contribution in [2.24, 2.45) is 0 Å². The highest BCUT2D eigenvalue weighted by atomic mass is 32.2. The molecule has 0 unspecified atom stereocenters. The van der Waals surface area contributed by atoms with Crippen molar-refractivity contribution in [1.82, 2.24) is 15.2 Å². The second-order valence-corrected chi connectivity index (χ2v) is 13.0. The molecule has 1 aliphatic rings. The maximum Gasteiger partial charge on any atom is 0.268 e. The molecule has 9 nitrogen and oxygen atoms in total. The van der Waals surface area contributed by atoms with Crippen molar-refractivity contribution in [3.63, 3.8) is 0 Å². The van der Waals surface area contributed by atoms with E-state index in [9.17, 15) is 13.2 Å². The van der Waals surface area contributed by atoms with Crippen LogP contribution in [0.15, 0.2) is 71.6 Å². The molecule has 0 bridgehead atoms. The van der Waals surface area contributed by atoms with Crippen molar-refractivity contribution in [2.75, 3.05) is 49.8 Å². The lowest BCUT2D eigenvalue weighted by molar-refractivity contribution is 0.0383. The van der Waals surface area contributed by atoms with Gasteiger partial charge in [0.2, 0.25) is 0 Å². The minimum absolute atomic E-state index is 0.0845. The summed E-state index contributed by atoms with van der Waals surface area (Å²) in [5.41, 5.74) is 10.5. The number of ether oxygens (including phenoxy) is 1. The summed E-state index contributed by atoms with van der Waals surface area (Å²) < 4.78 is 34.6. The van der Waals surface area contributed by atoms with Gasteiger partial charge in [-0.15, -0.1) is 0 Å². The molecular formula is C31H37N5O4S. The zero-order valence-electron chi connectivity index (χ0n) is 23.7. The monoisotopic (exact) mass is 575 g/mol. The van der Waals surface area contributed by atoms with E-state index in [1.165, 1.54) is 0 Å². The number of hydrogen-bond acceptors (Lipinski definition) is 6. The van der Waals surface area contributed by atoms with Crippen LogP contribution in [-0.2, 0) is 20.2 Å². The Labute approximate surface area is 241 Å². The van der Waals surface area contributed by atoms with Crippen LogP contribution in [0.1, 0.15) is 36.8 Å². The first kappa shape index (κ1) is 28.7. The maximum absolute atomic E-state index is 13.4. The first-order valence-corrected chi connectivity index (χ1v) is 15.2. The third kappa shape index (κ3) is 6.56. The number of carbonyl (C=O) groups is 1. The van der Waals surface area contributed by atoms with E-state index in [-0.39, 0.29) is 16.2 Å². The van der Waals surface area contributed by atoms with E-state index in [0.717, 1.165) is 30.8 Å². The lowest BCUT2D eigenvalue weighted by Gasteiger charge is -2.26. The number of nitrogens with two attached hydrogens (primary N) is 1. The summed E-state index contributed by atoms with van der Waals surface area (Å²) in [5, 5.41) is 3.73. The third-order valence-corrected chi connectivity index (χ3v) is 8.70. The first-order chi connectivity index (χ1) is 19.5. The van der Waals surface area contributed by atoms with Crippen LogP contribution in [0.3, 0.4) is 0 Å². The van der Waals surface area contributed by atoms with Gasteiger partial charge in [-0.25, -0.2) is 8.42 Å². The van der Waals surface area contributed by atoms with E-state index in [2.05, 4.69) is 40.7 Å². The number of H-pyrrole nitrogens is 1. The zero-order valence-corrected chi connectivity index (χ0v) is 24.5. The predicted molar refractivity (Wildman–Crippen MR) is 164 cm³/mol. The van der Waals surface area contributed by atoms with Crippen LogP contribution in [0.2, 0.25) is 0 Å². The van der Waals surface area contributed by atoms with Gasteiger partial charge >= 0.3 is 0 Å². The molecule has 5 N–H and O–H groups in total. The topological polar surface area (TPSA) is 130 Å². The molecule has 3 aromatic carbocycles. The number of anilines is 2. The molecule has 0 atom stereocenters. The number of sulfonamides is 1. The van der Waals surface area contributed by atoms with E-state index >= 15 is 0 Å². The molecule has 1 aliphatic heterocycles. The number of benzene rings is 3. The summed E-state index contributed by atoms with van der Waals surface area (Å²) in [5.74, 6) is -0.243. The van der Waals surface area contributed by atoms with Gasteiger partial charge in [0, 0.05) is 54.0 Å². The normalized spacial score (nSPS) is 14.7. The number of fused-ring (bicyclic) bond motifs is 1. The van der Waals surface area contributed by atoms with Crippen LogP contribution in [0.25, 0.3) is 22.0 Å². The Hall–Kier alpha value is -3.86. The summed E-state index contributed by atoms with van der Waals surface area (Å²) in [6.45, 7) is 10.5. The Morgan fingerprint density at radius 2 is 1.76 bits per heavy atom. The number of hydrogen-bond donors (Lipinski definition) is 4. The molecule has 4 aromatic rings. The molecule has 2 heterocycles. The predicted octanol–water partition coefficient (Wildman–Crippen LogP) is 4.58. The number of amides is 1. The number of aromatic amines is 1. The van der Waals surface area contributed by atoms with Gasteiger partial charge in [-0.3, -0.25) is 14.4 Å². The van der Waals surface area contributed by atoms with E-state index < -0.39 is 10.0 Å². The van der Waals surface area contributed by atoms with E-state index in [1.807, 2.05) is 24.3 Å². The Kier molecular flexibility index (Phi) is 8.08. The first-order valence-electron chi connectivity index (χ1n) is 13.7. The van der Waals surface area contributed by atoms with Crippen LogP contribution in [-0.4, -0.2) is 63.6 Å². The van der Waals surface area contributed by atoms with Gasteiger partial charge in [0.25, 0.3) is 15.9 Å². The Bertz CT molecular complexity index is 1650. The molecule has 0 spiro atoms. The van der Waals surface area contributed by atoms with Crippen molar-refractivity contribution in [3.05, 3.63) is 78.0 Å². The van der Waals surface area contributed by atoms with Gasteiger partial charge in [0.15, 0.2) is 0 Å². The minimum Gasteiger partial charge on any atom is -0.399 e. The smallest absolute Gasteiger partial charge is 0.268 e. The van der Waals surface area contributed by atoms with Crippen LogP contribution in [0.4, 0.5) is 11.4 Å². The lowest BCUT2D eigenvalue weighted by atomic mass is 9.87. The van der Waals surface area contributed by atoms with Crippen LogP contribution < -0.4 is 15.8 Å². The molecule has 0 radical (unpaired) electrons. The van der Waals surface area contributed by atoms with Crippen molar-refractivity contribution >= 4 is 38.2 Å². The number of morpholine rings is 1. The SMILES string of the molecule is CC(C)(C)c1ccc(S(=O)(=O)Nc2ccc3[nH]c(C(=O)NCCN4CCOCC4)c(-c4cccc(N)c4)c3c2)cc1. The number of carbonyl (C=O) groups excluding carboxylic acids is 1. The third-order valence-electron chi connectivity index (χ3n) is 7.30. The fourth-order valence-corrected chi connectivity index (χ4v) is 6.06. The second kappa shape index (κ2) is 11.6. The minimum atomic E-state index is -3.83. The molecule has 1 fully saturated rings. The van der Waals surface area contributed by atoms with Gasteiger partial charge in [0.05, 0.1) is 18.1 Å². The van der Waals surface area contributed by atoms with Crippen molar-refractivity contribution in [2.45, 2.75) is 31.1 Å². The molecule has 1 amide bonds. The summed E-state index contributed by atoms with van der Waals surface area (Å²) in [6.07, 6.45) is 0. The average Bonchev–Trinajstić information content (AvgIpc) is 3.32. The summed E-state index contributed by atoms with van der Waals surface area (Å²) in [6, 6.07) is 19.4. The fourth-order valence-electron chi connectivity index (χ4n) is 5.01. The molecule has 0 aliphatic carbocycles. The second-order valence-electron chi connectivity index (χ2n) is 11.4. The molecule has 1 saturated heterocycles. The largest absolute Gasteiger partial charge is 0.399 e. The highest BCUT2D eigenvalue weighted by Crippen LogP contribution is 2.35. The molecule has 1 aromatic heterocycles. The van der Waals surface area contributed by atoms with Crippen molar-refractivity contribution in [3.8, 4) is 11.1 Å². The quantitative estimate of drug-likeness (QED) is 0.228. The fraction of sp³-hybridized carbons (Fsp3) is 0.323. The molecular weight excluding hydrogens is 538 g/mol. The molecule has 5 rings (SSSR count). The summed E-state index contributed by atoms with van der Waals surface area (Å²) in [4.78, 5) is 19.1. The zero-order chi connectivity index (χ0) is 29.2. The Morgan fingerprint density at radius 1 is 1.02 bits per heavy atom. The van der Waals surface area contributed by atoms with Crippen LogP contribution in [0, 0.1) is 0 Å². The van der Waals surface area contributed by atoms with Gasteiger partial charge in [-0.05, 0) is 59.0 Å². The van der Waals surface area contributed by atoms with E-state index in [4.69, 9.17) is 10.5 Å². The lowest BCUT2D eigenvalue weighted by Crippen LogP contribution is -2.41. The molecule has 41 heavy (non-hydrogen) atoms. The average molecular weight is 576 g/mol. The van der Waals surface area contributed by atoms with Gasteiger partial charge < -0.3 is 20.8 Å². The number of nitrogens with one attached hydrogen (secondary N) is 3. The maximum atomic E-state index is 13.4. The van der Waals surface area contributed by atoms with E-state index in [1.54, 1.807) is 42.5 Å². The molecule has 216 valence electrons. The highest BCUT2D eigenvalue weighted by Gasteiger charge is 2.22. The van der Waals surface area contributed by atoms with E-state index in [0.29, 0.717) is 53.3 Å². The van der Waals surface area contributed by atoms with Gasteiger partial charge in [-0.2, -0.15) is 0 Å². The highest BCUT2D eigenvalue weighted by molar-refractivity contribution is 7.92. The molecule has 10 heteroatoms.